The molecule has 0 N–H and O–H groups in total. The van der Waals surface area contributed by atoms with Crippen molar-refractivity contribution in [1.82, 2.24) is 0 Å². The summed E-state index contributed by atoms with van der Waals surface area (Å²) in [7, 11) is -2.70. The summed E-state index contributed by atoms with van der Waals surface area (Å²) in [6.45, 7) is 3.57. The molecule has 0 atom stereocenters. The maximum atomic E-state index is 13.3. The molecule has 0 aliphatic carbocycles. The normalized spacial score (nSPS) is 11.1. The number of sulfonamides is 1. The lowest BCUT2D eigenvalue weighted by Crippen LogP contribution is -2.32. The summed E-state index contributed by atoms with van der Waals surface area (Å²) in [5, 5.41) is -0.155. The Bertz CT molecular complexity index is 947. The smallest absolute Gasteiger partial charge is 0.340 e. The molecule has 6 nitrogen and oxygen atoms in total. The maximum Gasteiger partial charge on any atom is 0.340 e. The number of hydrogen-bond acceptors (Lipinski definition) is 5. The Morgan fingerprint density at radius 1 is 1.07 bits per heavy atom. The fraction of sp³-hybridized carbons (Fsp3) is 0.278. The molecule has 146 valence electrons. The summed E-state index contributed by atoms with van der Waals surface area (Å²) in [5.41, 5.74) is 0.335. The van der Waals surface area contributed by atoms with Gasteiger partial charge >= 0.3 is 5.97 Å². The number of methoxy groups -OCH3 is 1. The van der Waals surface area contributed by atoms with Crippen molar-refractivity contribution in [3.05, 3.63) is 52.0 Å². The third kappa shape index (κ3) is 4.15. The highest BCUT2D eigenvalue weighted by molar-refractivity contribution is 7.93. The van der Waals surface area contributed by atoms with E-state index in [0.29, 0.717) is 0 Å². The summed E-state index contributed by atoms with van der Waals surface area (Å²) in [6.07, 6.45) is 0. The number of halogens is 2. The standard InChI is InChI=1S/C18H19Cl2NO5S/c1-4-21(13-9-7-6-8-12(13)18(22)26-5-2)27(23,24)15-11-10-14(25-3)16(19)17(15)20/h6-11H,4-5H2,1-3H3. The van der Waals surface area contributed by atoms with E-state index in [1.807, 2.05) is 0 Å². The number of esters is 1. The predicted molar refractivity (Wildman–Crippen MR) is 106 cm³/mol. The number of rotatable bonds is 7. The van der Waals surface area contributed by atoms with Gasteiger partial charge in [0.25, 0.3) is 10.0 Å². The van der Waals surface area contributed by atoms with Crippen molar-refractivity contribution in [2.45, 2.75) is 18.7 Å². The number of anilines is 1. The first-order valence-corrected chi connectivity index (χ1v) is 10.3. The van der Waals surface area contributed by atoms with Crippen molar-refractivity contribution in [2.75, 3.05) is 24.6 Å². The first-order chi connectivity index (χ1) is 12.8. The van der Waals surface area contributed by atoms with Gasteiger partial charge in [0.05, 0.1) is 30.0 Å². The quantitative estimate of drug-likeness (QED) is 0.607. The lowest BCUT2D eigenvalue weighted by molar-refractivity contribution is 0.0527. The van der Waals surface area contributed by atoms with Gasteiger partial charge < -0.3 is 9.47 Å². The second kappa shape index (κ2) is 8.82. The number of carbonyl (C=O) groups excluding carboxylic acids is 1. The highest BCUT2D eigenvalue weighted by Crippen LogP contribution is 2.39. The molecule has 0 saturated heterocycles. The van der Waals surface area contributed by atoms with Gasteiger partial charge in [0.15, 0.2) is 0 Å². The van der Waals surface area contributed by atoms with Crippen molar-refractivity contribution in [2.24, 2.45) is 0 Å². The van der Waals surface area contributed by atoms with Crippen LogP contribution in [0.3, 0.4) is 0 Å². The Hall–Kier alpha value is -1.96. The molecule has 0 fully saturated rings. The third-order valence-corrected chi connectivity index (χ3v) is 6.66. The van der Waals surface area contributed by atoms with E-state index in [1.165, 1.54) is 31.4 Å². The zero-order valence-electron chi connectivity index (χ0n) is 15.0. The minimum atomic E-state index is -4.10. The average Bonchev–Trinajstić information content (AvgIpc) is 2.64. The van der Waals surface area contributed by atoms with Gasteiger partial charge in [-0.3, -0.25) is 4.31 Å². The molecule has 0 spiro atoms. The SMILES string of the molecule is CCOC(=O)c1ccccc1N(CC)S(=O)(=O)c1ccc(OC)c(Cl)c1Cl. The van der Waals surface area contributed by atoms with Crippen LogP contribution in [0.4, 0.5) is 5.69 Å². The molecule has 0 radical (unpaired) electrons. The van der Waals surface area contributed by atoms with Gasteiger partial charge in [0.1, 0.15) is 15.7 Å². The van der Waals surface area contributed by atoms with Gasteiger partial charge in [0.2, 0.25) is 0 Å². The van der Waals surface area contributed by atoms with Crippen molar-refractivity contribution in [3.63, 3.8) is 0 Å². The highest BCUT2D eigenvalue weighted by atomic mass is 35.5. The topological polar surface area (TPSA) is 72.9 Å². The van der Waals surface area contributed by atoms with Crippen LogP contribution in [-0.4, -0.2) is 34.6 Å². The van der Waals surface area contributed by atoms with Crippen LogP contribution in [0.1, 0.15) is 24.2 Å². The molecule has 27 heavy (non-hydrogen) atoms. The monoisotopic (exact) mass is 431 g/mol. The van der Waals surface area contributed by atoms with Gasteiger partial charge in [-0.1, -0.05) is 35.3 Å². The molecule has 9 heteroatoms. The number of nitrogens with zero attached hydrogens (tertiary/aromatic N) is 1. The van der Waals surface area contributed by atoms with Crippen LogP contribution in [0.5, 0.6) is 5.75 Å². The summed E-state index contributed by atoms with van der Waals surface area (Å²) in [5.74, 6) is -0.351. The molecule has 0 bridgehead atoms. The van der Waals surface area contributed by atoms with Crippen molar-refractivity contribution >= 4 is 44.9 Å². The molecule has 0 aliphatic heterocycles. The summed E-state index contributed by atoms with van der Waals surface area (Å²) < 4.78 is 37.7. The van der Waals surface area contributed by atoms with Crippen molar-refractivity contribution in [3.8, 4) is 5.75 Å². The minimum Gasteiger partial charge on any atom is -0.495 e. The first-order valence-electron chi connectivity index (χ1n) is 8.10. The predicted octanol–water partition coefficient (Wildman–Crippen LogP) is 4.39. The van der Waals surface area contributed by atoms with E-state index in [4.69, 9.17) is 32.7 Å². The van der Waals surface area contributed by atoms with Crippen LogP contribution in [-0.2, 0) is 14.8 Å². The van der Waals surface area contributed by atoms with Gasteiger partial charge in [-0.25, -0.2) is 13.2 Å². The van der Waals surface area contributed by atoms with Crippen LogP contribution in [0, 0.1) is 0 Å². The Morgan fingerprint density at radius 2 is 1.74 bits per heavy atom. The number of carbonyl (C=O) groups is 1. The van der Waals surface area contributed by atoms with Crippen LogP contribution >= 0.6 is 23.2 Å². The Balaban J connectivity index is 2.62. The largest absolute Gasteiger partial charge is 0.495 e. The second-order valence-electron chi connectivity index (χ2n) is 5.30. The number of benzene rings is 2. The van der Waals surface area contributed by atoms with E-state index in [1.54, 1.807) is 26.0 Å². The summed E-state index contributed by atoms with van der Waals surface area (Å²) in [6, 6.07) is 9.05. The Kier molecular flexibility index (Phi) is 6.97. The molecule has 0 saturated carbocycles. The van der Waals surface area contributed by atoms with Gasteiger partial charge in [-0.05, 0) is 38.1 Å². The summed E-state index contributed by atoms with van der Waals surface area (Å²) in [4.78, 5) is 12.1. The molecular weight excluding hydrogens is 413 g/mol. The van der Waals surface area contributed by atoms with Crippen LogP contribution in [0.25, 0.3) is 0 Å². The van der Waals surface area contributed by atoms with E-state index < -0.39 is 16.0 Å². The van der Waals surface area contributed by atoms with E-state index in [-0.39, 0.29) is 45.1 Å². The van der Waals surface area contributed by atoms with Crippen LogP contribution in [0.15, 0.2) is 41.3 Å². The molecule has 2 aromatic carbocycles. The van der Waals surface area contributed by atoms with Gasteiger partial charge in [-0.2, -0.15) is 0 Å². The van der Waals surface area contributed by atoms with E-state index in [2.05, 4.69) is 0 Å². The average molecular weight is 432 g/mol. The lowest BCUT2D eigenvalue weighted by atomic mass is 10.2. The molecule has 2 aromatic rings. The van der Waals surface area contributed by atoms with Crippen molar-refractivity contribution < 1.29 is 22.7 Å². The van der Waals surface area contributed by atoms with Gasteiger partial charge in [-0.15, -0.1) is 0 Å². The number of para-hydroxylation sites is 1. The fourth-order valence-corrected chi connectivity index (χ4v) is 4.84. The zero-order valence-corrected chi connectivity index (χ0v) is 17.4. The molecule has 0 unspecified atom stereocenters. The molecule has 0 aromatic heterocycles. The van der Waals surface area contributed by atoms with E-state index in [0.717, 1.165) is 4.31 Å². The molecule has 2 rings (SSSR count). The minimum absolute atomic E-state index is 0.00466. The number of hydrogen-bond donors (Lipinski definition) is 0. The van der Waals surface area contributed by atoms with Crippen molar-refractivity contribution in [1.29, 1.82) is 0 Å². The van der Waals surface area contributed by atoms with E-state index in [9.17, 15) is 13.2 Å². The molecular formula is C18H19Cl2NO5S. The fourth-order valence-electron chi connectivity index (χ4n) is 2.53. The second-order valence-corrected chi connectivity index (χ2v) is 7.89. The Morgan fingerprint density at radius 3 is 2.33 bits per heavy atom. The van der Waals surface area contributed by atoms with E-state index >= 15 is 0 Å². The molecule has 0 aliphatic rings. The summed E-state index contributed by atoms with van der Waals surface area (Å²) >= 11 is 12.3. The Labute approximate surface area is 168 Å². The van der Waals surface area contributed by atoms with Gasteiger partial charge in [0, 0.05) is 6.54 Å². The lowest BCUT2D eigenvalue weighted by Gasteiger charge is -2.25. The number of ether oxygens (including phenoxy) is 2. The zero-order chi connectivity index (χ0) is 20.2. The maximum absolute atomic E-state index is 13.3. The highest BCUT2D eigenvalue weighted by Gasteiger charge is 2.30. The van der Waals surface area contributed by atoms with Crippen LogP contribution < -0.4 is 9.04 Å². The third-order valence-electron chi connectivity index (χ3n) is 3.75. The van der Waals surface area contributed by atoms with Crippen LogP contribution in [0.2, 0.25) is 10.0 Å². The molecule has 0 amide bonds. The molecule has 0 heterocycles. The first kappa shape index (κ1) is 21.3.